The molecule has 0 bridgehead atoms. The Kier molecular flexibility index (Phi) is 8.14. The highest BCUT2D eigenvalue weighted by molar-refractivity contribution is 5.74. The zero-order chi connectivity index (χ0) is 26.6. The maximum absolute atomic E-state index is 5.54. The van der Waals surface area contributed by atoms with Gasteiger partial charge in [-0.3, -0.25) is 4.90 Å². The van der Waals surface area contributed by atoms with Crippen molar-refractivity contribution >= 4 is 0 Å². The van der Waals surface area contributed by atoms with Crippen LogP contribution in [0.1, 0.15) is 79.6 Å². The molecule has 1 aliphatic rings. The molecule has 3 heteroatoms. The molecule has 5 rings (SSSR count). The maximum atomic E-state index is 5.54. The van der Waals surface area contributed by atoms with Gasteiger partial charge < -0.3 is 4.57 Å². The van der Waals surface area contributed by atoms with Crippen molar-refractivity contribution in [1.82, 2.24) is 14.5 Å². The van der Waals surface area contributed by atoms with Crippen molar-refractivity contribution in [3.63, 3.8) is 0 Å². The Morgan fingerprint density at radius 2 is 1.58 bits per heavy atom. The third-order valence-electron chi connectivity index (χ3n) is 8.41. The lowest BCUT2D eigenvalue weighted by Crippen LogP contribution is -2.33. The van der Waals surface area contributed by atoms with Crippen LogP contribution in [0.3, 0.4) is 0 Å². The van der Waals surface area contributed by atoms with Crippen molar-refractivity contribution < 1.29 is 0 Å². The van der Waals surface area contributed by atoms with Gasteiger partial charge in [0.05, 0.1) is 11.4 Å². The molecule has 3 aromatic carbocycles. The Labute approximate surface area is 229 Å². The number of benzene rings is 3. The third-order valence-corrected chi connectivity index (χ3v) is 8.41. The molecule has 2 heterocycles. The van der Waals surface area contributed by atoms with Crippen molar-refractivity contribution in [1.29, 1.82) is 0 Å². The van der Waals surface area contributed by atoms with E-state index in [0.29, 0.717) is 6.04 Å². The van der Waals surface area contributed by atoms with Crippen LogP contribution < -0.4 is 0 Å². The summed E-state index contributed by atoms with van der Waals surface area (Å²) in [6, 6.07) is 25.2. The molecule has 1 atom stereocenters. The van der Waals surface area contributed by atoms with Gasteiger partial charge in [0.2, 0.25) is 0 Å². The maximum Gasteiger partial charge on any atom is 0.141 e. The molecule has 0 aliphatic carbocycles. The van der Waals surface area contributed by atoms with Gasteiger partial charge in [0, 0.05) is 30.3 Å². The molecule has 1 aliphatic heterocycles. The Balaban J connectivity index is 1.71. The zero-order valence-corrected chi connectivity index (χ0v) is 23.9. The second kappa shape index (κ2) is 11.7. The Hall–Kier alpha value is -3.17. The molecular formula is C35H43N3. The van der Waals surface area contributed by atoms with E-state index in [4.69, 9.17) is 4.98 Å². The number of rotatable bonds is 8. The van der Waals surface area contributed by atoms with E-state index < -0.39 is 0 Å². The first kappa shape index (κ1) is 26.4. The van der Waals surface area contributed by atoms with Crippen LogP contribution >= 0.6 is 0 Å². The number of nitrogens with zero attached hydrogens (tertiary/aromatic N) is 3. The van der Waals surface area contributed by atoms with Gasteiger partial charge in [0.25, 0.3) is 0 Å². The van der Waals surface area contributed by atoms with Gasteiger partial charge in [-0.2, -0.15) is 0 Å². The fourth-order valence-corrected chi connectivity index (χ4v) is 6.34. The van der Waals surface area contributed by atoms with Crippen molar-refractivity contribution in [2.24, 2.45) is 0 Å². The monoisotopic (exact) mass is 505 g/mol. The second-order valence-electron chi connectivity index (χ2n) is 10.8. The Bertz CT molecular complexity index is 1360. The molecule has 0 saturated carbocycles. The summed E-state index contributed by atoms with van der Waals surface area (Å²) in [5.74, 6) is 1.14. The first-order valence-electron chi connectivity index (χ1n) is 14.6. The number of hydrogen-bond acceptors (Lipinski definition) is 2. The van der Waals surface area contributed by atoms with E-state index in [-0.39, 0.29) is 0 Å². The minimum absolute atomic E-state index is 0.453. The first-order chi connectivity index (χ1) is 18.5. The average molecular weight is 506 g/mol. The molecule has 4 aromatic rings. The summed E-state index contributed by atoms with van der Waals surface area (Å²) < 4.78 is 2.53. The van der Waals surface area contributed by atoms with Crippen molar-refractivity contribution in [3.05, 3.63) is 100 Å². The molecule has 1 aromatic heterocycles. The molecule has 3 nitrogen and oxygen atoms in total. The highest BCUT2D eigenvalue weighted by Gasteiger charge is 2.29. The lowest BCUT2D eigenvalue weighted by Gasteiger charge is -2.36. The van der Waals surface area contributed by atoms with Gasteiger partial charge >= 0.3 is 0 Å². The number of hydrogen-bond donors (Lipinski definition) is 0. The summed E-state index contributed by atoms with van der Waals surface area (Å²) in [6.07, 6.45) is 5.79. The summed E-state index contributed by atoms with van der Waals surface area (Å²) in [5, 5.41) is 0. The van der Waals surface area contributed by atoms with Gasteiger partial charge in [-0.15, -0.1) is 0 Å². The first-order valence-corrected chi connectivity index (χ1v) is 14.6. The Morgan fingerprint density at radius 3 is 2.26 bits per heavy atom. The zero-order valence-electron chi connectivity index (χ0n) is 23.9. The van der Waals surface area contributed by atoms with E-state index in [9.17, 15) is 0 Å². The summed E-state index contributed by atoms with van der Waals surface area (Å²) in [7, 11) is 0. The van der Waals surface area contributed by atoms with Crippen LogP contribution in [-0.2, 0) is 25.9 Å². The molecule has 1 fully saturated rings. The molecule has 198 valence electrons. The number of likely N-dealkylation sites (tertiary alicyclic amines) is 1. The highest BCUT2D eigenvalue weighted by Crippen LogP contribution is 2.38. The predicted molar refractivity (Wildman–Crippen MR) is 160 cm³/mol. The quantitative estimate of drug-likeness (QED) is 0.239. The minimum Gasteiger partial charge on any atom is -0.327 e. The van der Waals surface area contributed by atoms with Crippen LogP contribution in [-0.4, -0.2) is 21.0 Å². The van der Waals surface area contributed by atoms with E-state index in [2.05, 4.69) is 111 Å². The van der Waals surface area contributed by atoms with Crippen LogP contribution in [0.25, 0.3) is 22.6 Å². The number of piperidine rings is 1. The third kappa shape index (κ3) is 5.09. The van der Waals surface area contributed by atoms with Crippen LogP contribution in [0.5, 0.6) is 0 Å². The molecule has 0 radical (unpaired) electrons. The number of imidazole rings is 1. The van der Waals surface area contributed by atoms with Gasteiger partial charge in [0.15, 0.2) is 0 Å². The van der Waals surface area contributed by atoms with Gasteiger partial charge in [-0.1, -0.05) is 86.5 Å². The summed E-state index contributed by atoms with van der Waals surface area (Å²) in [5.41, 5.74) is 11.9. The van der Waals surface area contributed by atoms with Crippen LogP contribution in [0, 0.1) is 13.8 Å². The topological polar surface area (TPSA) is 21.1 Å². The van der Waals surface area contributed by atoms with Crippen LogP contribution in [0.15, 0.2) is 66.7 Å². The summed E-state index contributed by atoms with van der Waals surface area (Å²) in [6.45, 7) is 14.2. The molecule has 1 unspecified atom stereocenters. The summed E-state index contributed by atoms with van der Waals surface area (Å²) >= 11 is 0. The van der Waals surface area contributed by atoms with Gasteiger partial charge in [-0.25, -0.2) is 4.98 Å². The summed E-state index contributed by atoms with van der Waals surface area (Å²) in [4.78, 5) is 8.26. The van der Waals surface area contributed by atoms with E-state index in [1.165, 1.54) is 63.9 Å². The minimum atomic E-state index is 0.453. The van der Waals surface area contributed by atoms with Crippen LogP contribution in [0.4, 0.5) is 0 Å². The van der Waals surface area contributed by atoms with E-state index in [1.54, 1.807) is 0 Å². The van der Waals surface area contributed by atoms with E-state index in [0.717, 1.165) is 44.0 Å². The van der Waals surface area contributed by atoms with Crippen molar-refractivity contribution in [2.75, 3.05) is 6.54 Å². The molecule has 38 heavy (non-hydrogen) atoms. The number of aryl methyl sites for hydroxylation is 4. The smallest absolute Gasteiger partial charge is 0.141 e. The molecule has 1 saturated heterocycles. The normalized spacial score (nSPS) is 16.2. The number of aromatic nitrogens is 2. The highest BCUT2D eigenvalue weighted by atomic mass is 15.2. The Morgan fingerprint density at radius 1 is 0.842 bits per heavy atom. The molecule has 0 N–H and O–H groups in total. The van der Waals surface area contributed by atoms with Gasteiger partial charge in [0.1, 0.15) is 5.82 Å². The average Bonchev–Trinajstić information content (AvgIpc) is 3.31. The van der Waals surface area contributed by atoms with E-state index in [1.807, 2.05) is 0 Å². The fraction of sp³-hybridized carbons (Fsp3) is 0.400. The lowest BCUT2D eigenvalue weighted by atomic mass is 9.94. The second-order valence-corrected chi connectivity index (χ2v) is 10.8. The standard InChI is InChI=1S/C35H43N3/c1-6-27-17-14-18-28(7-2)33(27)35-36-34(30-23-25(4)20-21-26(30)5)32(38(35)8-3)24-37-22-13-12-19-31(37)29-15-10-9-11-16-29/h9-11,14-18,20-21,23,31H,6-8,12-13,19,22,24H2,1-5H3. The molecule has 0 amide bonds. The molecular weight excluding hydrogens is 462 g/mol. The lowest BCUT2D eigenvalue weighted by molar-refractivity contribution is 0.137. The fourth-order valence-electron chi connectivity index (χ4n) is 6.34. The SMILES string of the molecule is CCc1cccc(CC)c1-c1nc(-c2cc(C)ccc2C)c(CN2CCCCC2c2ccccc2)n1CC. The molecule has 0 spiro atoms. The van der Waals surface area contributed by atoms with Gasteiger partial charge in [-0.05, 0) is 81.3 Å². The van der Waals surface area contributed by atoms with Crippen molar-refractivity contribution in [2.45, 2.75) is 85.9 Å². The predicted octanol–water partition coefficient (Wildman–Crippen LogP) is 8.71. The van der Waals surface area contributed by atoms with E-state index >= 15 is 0 Å². The van der Waals surface area contributed by atoms with Crippen molar-refractivity contribution in [3.8, 4) is 22.6 Å². The largest absolute Gasteiger partial charge is 0.327 e. The van der Waals surface area contributed by atoms with Crippen LogP contribution in [0.2, 0.25) is 0 Å².